The van der Waals surface area contributed by atoms with Gasteiger partial charge in [0.2, 0.25) is 5.60 Å². The molecule has 2 bridgehead atoms. The summed E-state index contributed by atoms with van der Waals surface area (Å²) in [5.74, 6) is -0.628. The van der Waals surface area contributed by atoms with Crippen LogP contribution in [0, 0.1) is 33.5 Å². The Morgan fingerprint density at radius 1 is 1.16 bits per heavy atom. The average molecular weight is 596 g/mol. The molecule has 2 saturated heterocycles. The number of hydrogen-bond donors (Lipinski definition) is 1. The van der Waals surface area contributed by atoms with Gasteiger partial charge in [-0.2, -0.15) is 10.4 Å². The third-order valence-electron chi connectivity index (χ3n) is 9.92. The lowest BCUT2D eigenvalue weighted by Crippen LogP contribution is -2.46. The summed E-state index contributed by atoms with van der Waals surface area (Å²) in [5.41, 5.74) is 3.50. The molecule has 2 aromatic heterocycles. The van der Waals surface area contributed by atoms with E-state index in [4.69, 9.17) is 29.4 Å². The maximum absolute atomic E-state index is 13.2. The smallest absolute Gasteiger partial charge is 0.455 e. The Labute approximate surface area is 248 Å². The summed E-state index contributed by atoms with van der Waals surface area (Å²) in [6.07, 6.45) is -0.990. The van der Waals surface area contributed by atoms with Gasteiger partial charge in [0.15, 0.2) is 18.0 Å². The van der Waals surface area contributed by atoms with Gasteiger partial charge in [0, 0.05) is 10.8 Å². The van der Waals surface area contributed by atoms with Crippen molar-refractivity contribution in [2.45, 2.75) is 96.7 Å². The molecule has 0 spiro atoms. The highest BCUT2D eigenvalue weighted by Gasteiger charge is 2.64. The largest absolute Gasteiger partial charge is 0.508 e. The van der Waals surface area contributed by atoms with Crippen molar-refractivity contribution < 1.29 is 38.1 Å². The first kappa shape index (κ1) is 29.2. The number of rotatable bonds is 4. The molecule has 13 nitrogen and oxygen atoms in total. The van der Waals surface area contributed by atoms with Crippen molar-refractivity contribution in [3.8, 4) is 6.07 Å². The molecule has 13 heteroatoms. The van der Waals surface area contributed by atoms with E-state index >= 15 is 0 Å². The molecule has 230 valence electrons. The van der Waals surface area contributed by atoms with Crippen LogP contribution in [0.2, 0.25) is 0 Å². The standard InChI is InChI=1S/C30H37N5O8/c1-27(2)11-20(36)40-22-18(13-39-26(38)42-25-28(3,4)16-8-9-29(25,5)10-16)43-30(14-31,23(22)41-21(37)12-27)19-7-6-17-24(32)33-15-34-35(17)19/h6-7,15-16,18,22-23,25H,8-13H2,1-5H3,(H2,32,33,34)/t16-,18+,22+,23+,25-,29-,30-/m0/s1. The fourth-order valence-electron chi connectivity index (χ4n) is 7.85. The van der Waals surface area contributed by atoms with Crippen LogP contribution in [0.15, 0.2) is 18.5 Å². The van der Waals surface area contributed by atoms with Gasteiger partial charge in [-0.15, -0.1) is 0 Å². The molecule has 2 saturated carbocycles. The number of nitrogen functional groups attached to an aromatic ring is 1. The lowest BCUT2D eigenvalue weighted by Gasteiger charge is -2.41. The predicted molar refractivity (Wildman–Crippen MR) is 148 cm³/mol. The van der Waals surface area contributed by atoms with Gasteiger partial charge in [-0.1, -0.05) is 34.6 Å². The molecule has 0 amide bonds. The summed E-state index contributed by atoms with van der Waals surface area (Å²) in [6.45, 7) is 9.42. The third kappa shape index (κ3) is 4.67. The van der Waals surface area contributed by atoms with E-state index < -0.39 is 54.0 Å². The lowest BCUT2D eigenvalue weighted by atomic mass is 9.70. The summed E-state index contributed by atoms with van der Waals surface area (Å²) in [6, 6.07) is 5.30. The predicted octanol–water partition coefficient (Wildman–Crippen LogP) is 3.44. The summed E-state index contributed by atoms with van der Waals surface area (Å²) >= 11 is 0. The molecule has 4 aliphatic rings. The maximum atomic E-state index is 13.2. The number of fused-ring (bicyclic) bond motifs is 4. The first-order valence-electron chi connectivity index (χ1n) is 14.6. The van der Waals surface area contributed by atoms with Gasteiger partial charge in [-0.05, 0) is 42.7 Å². The molecular weight excluding hydrogens is 558 g/mol. The fraction of sp³-hybridized carbons (Fsp3) is 0.667. The molecule has 2 aliphatic heterocycles. The van der Waals surface area contributed by atoms with Crippen molar-refractivity contribution in [1.82, 2.24) is 14.6 Å². The minimum absolute atomic E-state index is 0.0746. The zero-order chi connectivity index (χ0) is 30.9. The molecule has 6 rings (SSSR count). The van der Waals surface area contributed by atoms with Crippen LogP contribution >= 0.6 is 0 Å². The highest BCUT2D eigenvalue weighted by molar-refractivity contribution is 5.75. The van der Waals surface area contributed by atoms with Crippen molar-refractivity contribution in [3.63, 3.8) is 0 Å². The number of aromatic nitrogens is 3. The molecule has 0 aromatic carbocycles. The van der Waals surface area contributed by atoms with Gasteiger partial charge in [0.25, 0.3) is 0 Å². The van der Waals surface area contributed by atoms with Crippen molar-refractivity contribution in [2.24, 2.45) is 22.2 Å². The number of nitriles is 1. The van der Waals surface area contributed by atoms with E-state index in [1.165, 1.54) is 10.8 Å². The summed E-state index contributed by atoms with van der Waals surface area (Å²) in [4.78, 5) is 43.3. The number of nitrogens with two attached hydrogens (primary N) is 1. The van der Waals surface area contributed by atoms with E-state index in [0.29, 0.717) is 11.4 Å². The molecule has 7 atom stereocenters. The molecule has 2 aromatic rings. The van der Waals surface area contributed by atoms with Gasteiger partial charge in [-0.3, -0.25) is 9.59 Å². The van der Waals surface area contributed by atoms with Gasteiger partial charge >= 0.3 is 18.1 Å². The number of anilines is 1. The SMILES string of the molecule is CC1(C)CC(=O)O[C@H]2[C@@H](OC(=O)C1)[C@](C#N)(c1ccc3c(N)ncnn13)O[C@@H]2COC(=O)O[C@H]1C(C)(C)[C@H]2CC[C@@]1(C)C2. The minimum atomic E-state index is -2.00. The van der Waals surface area contributed by atoms with Crippen molar-refractivity contribution >= 4 is 29.4 Å². The van der Waals surface area contributed by atoms with E-state index in [1.54, 1.807) is 26.0 Å². The van der Waals surface area contributed by atoms with Crippen LogP contribution in [0.4, 0.5) is 10.6 Å². The number of esters is 2. The third-order valence-corrected chi connectivity index (χ3v) is 9.92. The highest BCUT2D eigenvalue weighted by Crippen LogP contribution is 2.63. The fourth-order valence-corrected chi connectivity index (χ4v) is 7.85. The quantitative estimate of drug-likeness (QED) is 0.403. The molecule has 4 heterocycles. The van der Waals surface area contributed by atoms with E-state index in [0.717, 1.165) is 19.3 Å². The minimum Gasteiger partial charge on any atom is -0.455 e. The molecule has 43 heavy (non-hydrogen) atoms. The van der Waals surface area contributed by atoms with Crippen LogP contribution in [-0.2, 0) is 38.9 Å². The van der Waals surface area contributed by atoms with E-state index in [9.17, 15) is 19.6 Å². The van der Waals surface area contributed by atoms with Gasteiger partial charge in [0.05, 0.1) is 18.5 Å². The van der Waals surface area contributed by atoms with Crippen molar-refractivity contribution in [2.75, 3.05) is 12.3 Å². The van der Waals surface area contributed by atoms with Crippen LogP contribution in [0.5, 0.6) is 0 Å². The number of nitrogens with zero attached hydrogens (tertiary/aromatic N) is 4. The Hall–Kier alpha value is -3.92. The Balaban J connectivity index is 1.32. The summed E-state index contributed by atoms with van der Waals surface area (Å²) in [7, 11) is 0. The lowest BCUT2D eigenvalue weighted by molar-refractivity contribution is -0.166. The monoisotopic (exact) mass is 595 g/mol. The number of carbonyl (C=O) groups is 3. The van der Waals surface area contributed by atoms with Gasteiger partial charge < -0.3 is 29.4 Å². The normalized spacial score (nSPS) is 36.0. The number of carbonyl (C=O) groups excluding carboxylic acids is 3. The highest BCUT2D eigenvalue weighted by atomic mass is 16.7. The second-order valence-corrected chi connectivity index (χ2v) is 14.0. The topological polar surface area (TPSA) is 177 Å². The Morgan fingerprint density at radius 3 is 2.56 bits per heavy atom. The van der Waals surface area contributed by atoms with Crippen LogP contribution in [0.25, 0.3) is 5.52 Å². The van der Waals surface area contributed by atoms with Crippen LogP contribution in [0.3, 0.4) is 0 Å². The molecule has 2 aliphatic carbocycles. The van der Waals surface area contributed by atoms with E-state index in [2.05, 4.69) is 36.9 Å². The number of hydrogen-bond acceptors (Lipinski definition) is 12. The number of ether oxygens (including phenoxy) is 5. The Bertz CT molecular complexity index is 1530. The van der Waals surface area contributed by atoms with Crippen molar-refractivity contribution in [3.05, 3.63) is 24.2 Å². The molecule has 4 fully saturated rings. The molecule has 2 N–H and O–H groups in total. The summed E-state index contributed by atoms with van der Waals surface area (Å²) in [5, 5.41) is 14.9. The molecule has 0 unspecified atom stereocenters. The molecule has 0 radical (unpaired) electrons. The first-order chi connectivity index (χ1) is 20.2. The molecular formula is C30H37N5O8. The van der Waals surface area contributed by atoms with E-state index in [-0.39, 0.29) is 41.3 Å². The zero-order valence-electron chi connectivity index (χ0n) is 25.0. The van der Waals surface area contributed by atoms with E-state index in [1.807, 2.05) is 0 Å². The summed E-state index contributed by atoms with van der Waals surface area (Å²) < 4.78 is 30.9. The van der Waals surface area contributed by atoms with Crippen LogP contribution < -0.4 is 5.73 Å². The van der Waals surface area contributed by atoms with Gasteiger partial charge in [-0.25, -0.2) is 14.3 Å². The van der Waals surface area contributed by atoms with Crippen LogP contribution in [-0.4, -0.2) is 63.7 Å². The Morgan fingerprint density at radius 2 is 1.88 bits per heavy atom. The maximum Gasteiger partial charge on any atom is 0.508 e. The second kappa shape index (κ2) is 9.80. The Kier molecular flexibility index (Phi) is 6.65. The average Bonchev–Trinajstić information content (AvgIpc) is 3.64. The zero-order valence-corrected chi connectivity index (χ0v) is 25.0. The van der Waals surface area contributed by atoms with Crippen molar-refractivity contribution in [1.29, 1.82) is 5.26 Å². The first-order valence-corrected chi connectivity index (χ1v) is 14.6. The second-order valence-electron chi connectivity index (χ2n) is 14.0. The van der Waals surface area contributed by atoms with Gasteiger partial charge in [0.1, 0.15) is 36.7 Å². The van der Waals surface area contributed by atoms with Crippen LogP contribution in [0.1, 0.15) is 72.4 Å².